The van der Waals surface area contributed by atoms with Crippen molar-refractivity contribution in [2.45, 2.75) is 51.7 Å². The number of anilines is 2. The molecule has 4 aromatic rings. The Labute approximate surface area is 233 Å². The maximum Gasteiger partial charge on any atom is 0.273 e. The number of aromatic nitrogens is 3. The number of nitrogens with one attached hydrogen (secondary N) is 5. The number of sulfonamides is 1. The molecule has 0 aliphatic rings. The number of phenolic OH excluding ortho intramolecular Hbond substituents is 1. The van der Waals surface area contributed by atoms with Gasteiger partial charge in [0.1, 0.15) is 11.4 Å². The highest BCUT2D eigenvalue weighted by Gasteiger charge is 2.19. The minimum Gasteiger partial charge on any atom is -0.506 e. The number of hydrogen-bond donors (Lipinski definition) is 7. The van der Waals surface area contributed by atoms with E-state index in [4.69, 9.17) is 0 Å². The zero-order valence-corrected chi connectivity index (χ0v) is 24.0. The number of hydrogen-bond acceptors (Lipinski definition) is 7. The van der Waals surface area contributed by atoms with E-state index in [2.05, 4.69) is 51.3 Å². The molecule has 0 fully saturated rings. The molecule has 11 nitrogen and oxygen atoms in total. The minimum absolute atomic E-state index is 0.0104. The molecule has 40 heavy (non-hydrogen) atoms. The Balaban J connectivity index is 1.35. The summed E-state index contributed by atoms with van der Waals surface area (Å²) in [6.45, 7) is 8.41. The maximum atomic E-state index is 12.8. The molecule has 0 saturated carbocycles. The predicted molar refractivity (Wildman–Crippen MR) is 156 cm³/mol. The maximum absolute atomic E-state index is 12.8. The van der Waals surface area contributed by atoms with Crippen LogP contribution in [0.15, 0.2) is 48.5 Å². The number of rotatable bonds is 10. The van der Waals surface area contributed by atoms with E-state index in [1.807, 2.05) is 31.2 Å². The standard InChI is InChI=1S/C28H36N6O5S/c1-16(29-15-24(36)18-7-9-23(35)21(12-18)34-40(5,38)39)10-17-6-8-20-19(11-17)13-22(30-20)27(37)31-26-14-25(32-33-26)28(2,3)4/h6-9,11-14,16,24,29-30,34-36H,10,15H2,1-5H3,(H2,31,32,33,37)/t16-,24+/m1/s1. The van der Waals surface area contributed by atoms with Crippen molar-refractivity contribution in [3.8, 4) is 5.75 Å². The molecule has 4 rings (SSSR count). The Morgan fingerprint density at radius 3 is 2.52 bits per heavy atom. The molecular formula is C28H36N6O5S. The van der Waals surface area contributed by atoms with Crippen LogP contribution in [0.1, 0.15) is 61.1 Å². The first-order valence-corrected chi connectivity index (χ1v) is 14.8. The van der Waals surface area contributed by atoms with Gasteiger partial charge in [-0.25, -0.2) is 8.42 Å². The van der Waals surface area contributed by atoms with Crippen LogP contribution in [0, 0.1) is 0 Å². The molecule has 2 atom stereocenters. The van der Waals surface area contributed by atoms with Crippen LogP contribution in [0.2, 0.25) is 0 Å². The lowest BCUT2D eigenvalue weighted by molar-refractivity contribution is 0.102. The molecule has 0 aliphatic heterocycles. The summed E-state index contributed by atoms with van der Waals surface area (Å²) in [6, 6.07) is 13.9. The Hall–Kier alpha value is -3.87. The number of carbonyl (C=O) groups is 1. The average molecular weight is 569 g/mol. The van der Waals surface area contributed by atoms with Gasteiger partial charge < -0.3 is 25.8 Å². The van der Waals surface area contributed by atoms with Crippen LogP contribution in [-0.2, 0) is 21.9 Å². The Kier molecular flexibility index (Phi) is 8.24. The number of phenols is 1. The van der Waals surface area contributed by atoms with E-state index in [0.29, 0.717) is 23.5 Å². The predicted octanol–water partition coefficient (Wildman–Crippen LogP) is 3.77. The fourth-order valence-electron chi connectivity index (χ4n) is 4.28. The van der Waals surface area contributed by atoms with Crippen molar-refractivity contribution in [3.05, 3.63) is 71.0 Å². The zero-order chi connectivity index (χ0) is 29.2. The van der Waals surface area contributed by atoms with Gasteiger partial charge in [0.15, 0.2) is 5.82 Å². The van der Waals surface area contributed by atoms with Crippen LogP contribution in [0.3, 0.4) is 0 Å². The number of nitrogens with zero attached hydrogens (tertiary/aromatic N) is 1. The van der Waals surface area contributed by atoms with Gasteiger partial charge in [-0.15, -0.1) is 0 Å². The average Bonchev–Trinajstić information content (AvgIpc) is 3.50. The summed E-state index contributed by atoms with van der Waals surface area (Å²) in [6.07, 6.45) is 0.752. The van der Waals surface area contributed by atoms with Gasteiger partial charge in [0.05, 0.1) is 18.0 Å². The highest BCUT2D eigenvalue weighted by molar-refractivity contribution is 7.92. The lowest BCUT2D eigenvalue weighted by atomic mass is 9.92. The molecule has 0 bridgehead atoms. The summed E-state index contributed by atoms with van der Waals surface area (Å²) >= 11 is 0. The summed E-state index contributed by atoms with van der Waals surface area (Å²) in [4.78, 5) is 16.0. The molecular weight excluding hydrogens is 532 g/mol. The van der Waals surface area contributed by atoms with Gasteiger partial charge in [-0.2, -0.15) is 5.10 Å². The van der Waals surface area contributed by atoms with Crippen molar-refractivity contribution in [1.82, 2.24) is 20.5 Å². The van der Waals surface area contributed by atoms with Crippen LogP contribution < -0.4 is 15.4 Å². The summed E-state index contributed by atoms with van der Waals surface area (Å²) in [5.74, 6) is -0.0382. The molecule has 0 spiro atoms. The van der Waals surface area contributed by atoms with E-state index in [9.17, 15) is 23.4 Å². The second-order valence-electron chi connectivity index (χ2n) is 11.2. The smallest absolute Gasteiger partial charge is 0.273 e. The quantitative estimate of drug-likeness (QED) is 0.143. The first-order valence-electron chi connectivity index (χ1n) is 12.9. The molecule has 2 aromatic carbocycles. The first-order chi connectivity index (χ1) is 18.7. The number of aliphatic hydroxyl groups excluding tert-OH is 1. The van der Waals surface area contributed by atoms with Gasteiger partial charge in [-0.3, -0.25) is 14.6 Å². The molecule has 12 heteroatoms. The number of H-pyrrole nitrogens is 2. The van der Waals surface area contributed by atoms with Crippen molar-refractivity contribution < 1.29 is 23.4 Å². The monoisotopic (exact) mass is 568 g/mol. The number of carbonyl (C=O) groups excluding carboxylic acids is 1. The van der Waals surface area contributed by atoms with Crippen LogP contribution in [0.25, 0.3) is 10.9 Å². The second-order valence-corrected chi connectivity index (χ2v) is 12.9. The van der Waals surface area contributed by atoms with E-state index in [1.165, 1.54) is 12.1 Å². The summed E-state index contributed by atoms with van der Waals surface area (Å²) in [5.41, 5.74) is 3.63. The Bertz CT molecular complexity index is 1620. The van der Waals surface area contributed by atoms with E-state index >= 15 is 0 Å². The highest BCUT2D eigenvalue weighted by atomic mass is 32.2. The van der Waals surface area contributed by atoms with Gasteiger partial charge in [-0.1, -0.05) is 32.9 Å². The number of aliphatic hydroxyl groups is 1. The third-order valence-electron chi connectivity index (χ3n) is 6.46. The number of benzene rings is 2. The van der Waals surface area contributed by atoms with E-state index in [0.717, 1.165) is 28.4 Å². The van der Waals surface area contributed by atoms with Gasteiger partial charge >= 0.3 is 0 Å². The fourth-order valence-corrected chi connectivity index (χ4v) is 4.85. The van der Waals surface area contributed by atoms with Gasteiger partial charge in [-0.05, 0) is 54.8 Å². The molecule has 1 amide bonds. The van der Waals surface area contributed by atoms with Gasteiger partial charge in [0, 0.05) is 40.7 Å². The molecule has 7 N–H and O–H groups in total. The van der Waals surface area contributed by atoms with E-state index < -0.39 is 16.1 Å². The molecule has 214 valence electrons. The topological polar surface area (TPSA) is 172 Å². The van der Waals surface area contributed by atoms with Crippen molar-refractivity contribution in [1.29, 1.82) is 0 Å². The highest BCUT2D eigenvalue weighted by Crippen LogP contribution is 2.28. The van der Waals surface area contributed by atoms with Crippen molar-refractivity contribution >= 4 is 38.3 Å². The van der Waals surface area contributed by atoms with Crippen LogP contribution in [0.5, 0.6) is 5.75 Å². The minimum atomic E-state index is -3.58. The summed E-state index contributed by atoms with van der Waals surface area (Å²) in [7, 11) is -3.58. The summed E-state index contributed by atoms with van der Waals surface area (Å²) < 4.78 is 25.3. The SMILES string of the molecule is C[C@H](Cc1ccc2[nH]c(C(=O)Nc3cc(C(C)(C)C)[nH]n3)cc2c1)NC[C@H](O)c1ccc(O)c(NS(C)(=O)=O)c1. The lowest BCUT2D eigenvalue weighted by Gasteiger charge is -2.18. The molecule has 2 aromatic heterocycles. The van der Waals surface area contributed by atoms with Crippen molar-refractivity contribution in [2.24, 2.45) is 0 Å². The fraction of sp³-hybridized carbons (Fsp3) is 0.357. The largest absolute Gasteiger partial charge is 0.506 e. The van der Waals surface area contributed by atoms with Gasteiger partial charge in [0.2, 0.25) is 10.0 Å². The number of aromatic amines is 2. The normalized spacial score (nSPS) is 13.8. The van der Waals surface area contributed by atoms with Crippen molar-refractivity contribution in [2.75, 3.05) is 22.8 Å². The molecule has 2 heterocycles. The number of fused-ring (bicyclic) bond motifs is 1. The van der Waals surface area contributed by atoms with Crippen LogP contribution in [0.4, 0.5) is 11.5 Å². The Morgan fingerprint density at radius 1 is 1.10 bits per heavy atom. The second kappa shape index (κ2) is 11.3. The van der Waals surface area contributed by atoms with E-state index in [-0.39, 0.29) is 35.3 Å². The zero-order valence-electron chi connectivity index (χ0n) is 23.2. The van der Waals surface area contributed by atoms with Crippen molar-refractivity contribution in [3.63, 3.8) is 0 Å². The molecule has 0 unspecified atom stereocenters. The Morgan fingerprint density at radius 2 is 1.85 bits per heavy atom. The lowest BCUT2D eigenvalue weighted by Crippen LogP contribution is -2.32. The van der Waals surface area contributed by atoms with Gasteiger partial charge in [0.25, 0.3) is 5.91 Å². The third-order valence-corrected chi connectivity index (χ3v) is 7.05. The first kappa shape index (κ1) is 29.1. The molecule has 0 saturated heterocycles. The molecule has 0 radical (unpaired) electrons. The van der Waals surface area contributed by atoms with Crippen LogP contribution >= 0.6 is 0 Å². The van der Waals surface area contributed by atoms with Crippen LogP contribution in [-0.4, -0.2) is 58.6 Å². The summed E-state index contributed by atoms with van der Waals surface area (Å²) in [5, 5.41) is 34.7. The van der Waals surface area contributed by atoms with E-state index in [1.54, 1.807) is 12.1 Å². The molecule has 0 aliphatic carbocycles. The number of amides is 1. The third kappa shape index (κ3) is 7.40. The number of aromatic hydroxyl groups is 1.